The van der Waals surface area contributed by atoms with Gasteiger partial charge in [-0.25, -0.2) is 13.8 Å². The molecule has 1 aliphatic rings. The zero-order chi connectivity index (χ0) is 13.6. The molecule has 0 radical (unpaired) electrons. The van der Waals surface area contributed by atoms with Crippen molar-refractivity contribution in [3.8, 4) is 0 Å². The number of nitrogens with one attached hydrogen (secondary N) is 1. The van der Waals surface area contributed by atoms with E-state index in [4.69, 9.17) is 0 Å². The van der Waals surface area contributed by atoms with Gasteiger partial charge in [0.05, 0.1) is 17.1 Å². The molecular formula is C13H14FN3O2. The highest BCUT2D eigenvalue weighted by Gasteiger charge is 2.22. The highest BCUT2D eigenvalue weighted by molar-refractivity contribution is 5.77. The maximum absolute atomic E-state index is 13.2. The fraction of sp³-hybridized carbons (Fsp3) is 0.385. The lowest BCUT2D eigenvalue weighted by Gasteiger charge is -2.16. The summed E-state index contributed by atoms with van der Waals surface area (Å²) in [6.45, 7) is 0.793. The maximum Gasteiger partial charge on any atom is 0.332 e. The predicted octanol–water partition coefficient (Wildman–Crippen LogP) is 0.721. The van der Waals surface area contributed by atoms with Gasteiger partial charge in [-0.2, -0.15) is 0 Å². The third-order valence-corrected chi connectivity index (χ3v) is 3.61. The number of benzene rings is 1. The Bertz CT molecular complexity index is 757. The van der Waals surface area contributed by atoms with E-state index in [0.29, 0.717) is 10.9 Å². The van der Waals surface area contributed by atoms with Crippen molar-refractivity contribution in [1.82, 2.24) is 14.5 Å². The van der Waals surface area contributed by atoms with Crippen LogP contribution >= 0.6 is 0 Å². The van der Waals surface area contributed by atoms with Crippen molar-refractivity contribution in [3.05, 3.63) is 44.9 Å². The standard InChI is InChI=1S/C13H14FN3O2/c1-16-10-7-8(14)4-5-9(10)12(18)17(13(16)19)11-3-2-6-15-11/h4-5,7,11,15H,2-3,6H2,1H3. The summed E-state index contributed by atoms with van der Waals surface area (Å²) in [5, 5.41) is 3.49. The quantitative estimate of drug-likeness (QED) is 0.825. The number of nitrogens with zero attached hydrogens (tertiary/aromatic N) is 2. The third kappa shape index (κ3) is 1.79. The molecule has 5 nitrogen and oxygen atoms in total. The van der Waals surface area contributed by atoms with E-state index >= 15 is 0 Å². The Morgan fingerprint density at radius 2 is 2.16 bits per heavy atom. The zero-order valence-corrected chi connectivity index (χ0v) is 10.5. The first kappa shape index (κ1) is 12.1. The number of hydrogen-bond acceptors (Lipinski definition) is 3. The van der Waals surface area contributed by atoms with Crippen LogP contribution in [0.25, 0.3) is 10.9 Å². The van der Waals surface area contributed by atoms with Crippen LogP contribution in [0.15, 0.2) is 27.8 Å². The maximum atomic E-state index is 13.2. The third-order valence-electron chi connectivity index (χ3n) is 3.61. The van der Waals surface area contributed by atoms with Gasteiger partial charge in [0.25, 0.3) is 5.56 Å². The van der Waals surface area contributed by atoms with Crippen molar-refractivity contribution in [2.45, 2.75) is 19.0 Å². The van der Waals surface area contributed by atoms with Crippen molar-refractivity contribution in [2.75, 3.05) is 6.54 Å². The average Bonchev–Trinajstić information content (AvgIpc) is 2.90. The zero-order valence-electron chi connectivity index (χ0n) is 10.5. The Morgan fingerprint density at radius 3 is 2.84 bits per heavy atom. The van der Waals surface area contributed by atoms with Gasteiger partial charge in [0, 0.05) is 7.05 Å². The minimum Gasteiger partial charge on any atom is -0.297 e. The van der Waals surface area contributed by atoms with E-state index in [1.165, 1.54) is 27.3 Å². The van der Waals surface area contributed by atoms with E-state index in [2.05, 4.69) is 5.32 Å². The van der Waals surface area contributed by atoms with Crippen LogP contribution in [0.2, 0.25) is 0 Å². The molecule has 2 aromatic rings. The average molecular weight is 263 g/mol. The van der Waals surface area contributed by atoms with E-state index in [1.54, 1.807) is 7.05 Å². The molecule has 2 heterocycles. The van der Waals surface area contributed by atoms with Gasteiger partial charge in [-0.3, -0.25) is 14.7 Å². The number of halogens is 1. The number of hydrogen-bond donors (Lipinski definition) is 1. The first-order chi connectivity index (χ1) is 9.09. The lowest BCUT2D eigenvalue weighted by molar-refractivity contribution is 0.429. The van der Waals surface area contributed by atoms with Gasteiger partial charge in [0.15, 0.2) is 0 Å². The van der Waals surface area contributed by atoms with E-state index < -0.39 is 11.5 Å². The van der Waals surface area contributed by atoms with Gasteiger partial charge in [0.1, 0.15) is 5.82 Å². The van der Waals surface area contributed by atoms with E-state index in [9.17, 15) is 14.0 Å². The highest BCUT2D eigenvalue weighted by atomic mass is 19.1. The van der Waals surface area contributed by atoms with Crippen molar-refractivity contribution in [2.24, 2.45) is 7.05 Å². The summed E-state index contributed by atoms with van der Waals surface area (Å²) in [7, 11) is 1.55. The molecule has 19 heavy (non-hydrogen) atoms. The molecule has 0 aliphatic carbocycles. The number of rotatable bonds is 1. The molecule has 6 heteroatoms. The van der Waals surface area contributed by atoms with Crippen molar-refractivity contribution < 1.29 is 4.39 Å². The van der Waals surface area contributed by atoms with Crippen LogP contribution in [0.4, 0.5) is 4.39 Å². The van der Waals surface area contributed by atoms with Crippen molar-refractivity contribution in [1.29, 1.82) is 0 Å². The fourth-order valence-electron chi connectivity index (χ4n) is 2.61. The Balaban J connectivity index is 2.38. The lowest BCUT2D eigenvalue weighted by Crippen LogP contribution is -2.44. The van der Waals surface area contributed by atoms with Gasteiger partial charge in [-0.05, 0) is 37.6 Å². The molecule has 1 saturated heterocycles. The Hall–Kier alpha value is -1.95. The van der Waals surface area contributed by atoms with Crippen LogP contribution in [-0.2, 0) is 7.05 Å². The monoisotopic (exact) mass is 263 g/mol. The summed E-state index contributed by atoms with van der Waals surface area (Å²) in [6, 6.07) is 3.88. The summed E-state index contributed by atoms with van der Waals surface area (Å²) in [6.07, 6.45) is 1.42. The summed E-state index contributed by atoms with van der Waals surface area (Å²) in [5.41, 5.74) is -0.454. The topological polar surface area (TPSA) is 56.0 Å². The molecule has 1 aromatic heterocycles. The molecule has 1 atom stereocenters. The van der Waals surface area contributed by atoms with Gasteiger partial charge in [0.2, 0.25) is 0 Å². The van der Waals surface area contributed by atoms with Gasteiger partial charge in [-0.1, -0.05) is 0 Å². The number of aromatic nitrogens is 2. The molecule has 1 aliphatic heterocycles. The Labute approximate surface area is 108 Å². The van der Waals surface area contributed by atoms with E-state index in [1.807, 2.05) is 0 Å². The first-order valence-corrected chi connectivity index (χ1v) is 6.24. The SMILES string of the molecule is Cn1c(=O)n(C2CCCN2)c(=O)c2ccc(F)cc21. The molecule has 0 amide bonds. The summed E-state index contributed by atoms with van der Waals surface area (Å²) in [4.78, 5) is 24.7. The minimum absolute atomic E-state index is 0.263. The smallest absolute Gasteiger partial charge is 0.297 e. The summed E-state index contributed by atoms with van der Waals surface area (Å²) < 4.78 is 15.8. The van der Waals surface area contributed by atoms with Crippen LogP contribution in [0.1, 0.15) is 19.0 Å². The van der Waals surface area contributed by atoms with E-state index in [0.717, 1.165) is 19.4 Å². The van der Waals surface area contributed by atoms with Crippen molar-refractivity contribution in [3.63, 3.8) is 0 Å². The lowest BCUT2D eigenvalue weighted by atomic mass is 10.2. The van der Waals surface area contributed by atoms with Crippen LogP contribution in [-0.4, -0.2) is 15.7 Å². The highest BCUT2D eigenvalue weighted by Crippen LogP contribution is 2.15. The molecular weight excluding hydrogens is 249 g/mol. The normalized spacial score (nSPS) is 19.2. The Kier molecular flexibility index (Phi) is 2.74. The number of fused-ring (bicyclic) bond motifs is 1. The summed E-state index contributed by atoms with van der Waals surface area (Å²) in [5.74, 6) is -0.460. The second kappa shape index (κ2) is 4.31. The molecule has 1 unspecified atom stereocenters. The molecule has 0 bridgehead atoms. The molecule has 100 valence electrons. The van der Waals surface area contributed by atoms with Gasteiger partial charge < -0.3 is 0 Å². The van der Waals surface area contributed by atoms with Crippen LogP contribution in [0, 0.1) is 5.82 Å². The molecule has 1 aromatic carbocycles. The second-order valence-corrected chi connectivity index (χ2v) is 4.79. The molecule has 0 saturated carbocycles. The van der Waals surface area contributed by atoms with Crippen molar-refractivity contribution >= 4 is 10.9 Å². The van der Waals surface area contributed by atoms with Gasteiger partial charge >= 0.3 is 5.69 Å². The van der Waals surface area contributed by atoms with Crippen LogP contribution in [0.3, 0.4) is 0 Å². The minimum atomic E-state index is -0.460. The van der Waals surface area contributed by atoms with Gasteiger partial charge in [-0.15, -0.1) is 0 Å². The predicted molar refractivity (Wildman–Crippen MR) is 69.7 cm³/mol. The van der Waals surface area contributed by atoms with Crippen LogP contribution < -0.4 is 16.6 Å². The molecule has 0 spiro atoms. The largest absolute Gasteiger partial charge is 0.332 e. The van der Waals surface area contributed by atoms with E-state index in [-0.39, 0.29) is 11.7 Å². The first-order valence-electron chi connectivity index (χ1n) is 6.24. The molecule has 1 N–H and O–H groups in total. The molecule has 3 rings (SSSR count). The fourth-order valence-corrected chi connectivity index (χ4v) is 2.61. The number of aryl methyl sites for hydroxylation is 1. The molecule has 1 fully saturated rings. The summed E-state index contributed by atoms with van der Waals surface area (Å²) >= 11 is 0. The second-order valence-electron chi connectivity index (χ2n) is 4.79. The Morgan fingerprint density at radius 1 is 1.37 bits per heavy atom. The van der Waals surface area contributed by atoms with Crippen LogP contribution in [0.5, 0.6) is 0 Å².